The van der Waals surface area contributed by atoms with Gasteiger partial charge >= 0.3 is 18.3 Å². The van der Waals surface area contributed by atoms with Crippen molar-refractivity contribution < 1.29 is 45.8 Å². The van der Waals surface area contributed by atoms with E-state index in [2.05, 4.69) is 5.32 Å². The van der Waals surface area contributed by atoms with Crippen molar-refractivity contribution in [2.45, 2.75) is 24.8 Å². The molecular formula is C31H23F6NO4. The Kier molecular flexibility index (Phi) is 8.60. The summed E-state index contributed by atoms with van der Waals surface area (Å²) in [7, 11) is 1.15. The van der Waals surface area contributed by atoms with Gasteiger partial charge in [0.15, 0.2) is 0 Å². The van der Waals surface area contributed by atoms with Gasteiger partial charge in [0.2, 0.25) is 0 Å². The molecule has 4 rings (SSSR count). The normalized spacial score (nSPS) is 12.5. The molecule has 218 valence electrons. The fourth-order valence-corrected chi connectivity index (χ4v) is 4.25. The van der Waals surface area contributed by atoms with Crippen LogP contribution in [0, 0.1) is 0 Å². The second-order valence-electron chi connectivity index (χ2n) is 9.33. The average molecular weight is 588 g/mol. The van der Waals surface area contributed by atoms with Gasteiger partial charge in [0.25, 0.3) is 5.91 Å². The summed E-state index contributed by atoms with van der Waals surface area (Å²) in [5.41, 5.74) is 0.589. The largest absolute Gasteiger partial charge is 0.507 e. The van der Waals surface area contributed by atoms with Crippen molar-refractivity contribution in [1.29, 1.82) is 0 Å². The molecule has 0 heterocycles. The highest BCUT2D eigenvalue weighted by Crippen LogP contribution is 2.34. The monoisotopic (exact) mass is 587 g/mol. The number of amides is 1. The van der Waals surface area contributed by atoms with Crippen LogP contribution in [-0.2, 0) is 28.3 Å². The van der Waals surface area contributed by atoms with E-state index >= 15 is 0 Å². The minimum absolute atomic E-state index is 0.0234. The van der Waals surface area contributed by atoms with E-state index in [1.165, 1.54) is 42.5 Å². The van der Waals surface area contributed by atoms with Crippen LogP contribution in [0.3, 0.4) is 0 Å². The van der Waals surface area contributed by atoms with E-state index < -0.39 is 41.4 Å². The molecule has 0 aliphatic carbocycles. The Hall–Kier alpha value is -4.80. The lowest BCUT2D eigenvalue weighted by atomic mass is 9.99. The molecule has 0 radical (unpaired) electrons. The molecule has 0 aliphatic heterocycles. The highest BCUT2D eigenvalue weighted by Gasteiger charge is 2.31. The number of phenols is 1. The molecular weight excluding hydrogens is 564 g/mol. The van der Waals surface area contributed by atoms with Gasteiger partial charge in [0, 0.05) is 17.5 Å². The van der Waals surface area contributed by atoms with Crippen molar-refractivity contribution in [3.8, 4) is 28.0 Å². The first-order chi connectivity index (χ1) is 19.8. The lowest BCUT2D eigenvalue weighted by Crippen LogP contribution is -2.43. The molecule has 0 aliphatic rings. The van der Waals surface area contributed by atoms with E-state index in [-0.39, 0.29) is 28.9 Å². The molecule has 11 heteroatoms. The fourth-order valence-electron chi connectivity index (χ4n) is 4.25. The molecule has 1 atom stereocenters. The van der Waals surface area contributed by atoms with Gasteiger partial charge in [0.05, 0.1) is 18.2 Å². The summed E-state index contributed by atoms with van der Waals surface area (Å²) in [4.78, 5) is 25.5. The number of ether oxygens (including phenoxy) is 1. The first-order valence-electron chi connectivity index (χ1n) is 12.4. The zero-order chi connectivity index (χ0) is 30.7. The Morgan fingerprint density at radius 1 is 0.738 bits per heavy atom. The third-order valence-corrected chi connectivity index (χ3v) is 6.51. The summed E-state index contributed by atoms with van der Waals surface area (Å²) < 4.78 is 82.1. The summed E-state index contributed by atoms with van der Waals surface area (Å²) in [5, 5.41) is 12.9. The highest BCUT2D eigenvalue weighted by molar-refractivity contribution is 5.98. The number of benzene rings is 4. The second kappa shape index (κ2) is 12.0. The van der Waals surface area contributed by atoms with Crippen molar-refractivity contribution >= 4 is 11.9 Å². The van der Waals surface area contributed by atoms with Crippen LogP contribution in [0.2, 0.25) is 0 Å². The predicted molar refractivity (Wildman–Crippen MR) is 142 cm³/mol. The van der Waals surface area contributed by atoms with E-state index in [0.29, 0.717) is 16.7 Å². The maximum Gasteiger partial charge on any atom is 0.416 e. The van der Waals surface area contributed by atoms with E-state index in [4.69, 9.17) is 4.74 Å². The number of rotatable bonds is 7. The van der Waals surface area contributed by atoms with E-state index in [0.717, 1.165) is 31.4 Å². The Balaban J connectivity index is 1.50. The number of methoxy groups -OCH3 is 1. The minimum Gasteiger partial charge on any atom is -0.507 e. The van der Waals surface area contributed by atoms with Gasteiger partial charge in [-0.25, -0.2) is 4.79 Å². The van der Waals surface area contributed by atoms with Crippen LogP contribution in [0.5, 0.6) is 5.75 Å². The Labute approximate surface area is 236 Å². The number of aromatic hydroxyl groups is 1. The van der Waals surface area contributed by atoms with Crippen LogP contribution in [0.15, 0.2) is 91.0 Å². The summed E-state index contributed by atoms with van der Waals surface area (Å²) in [6.45, 7) is 0. The minimum atomic E-state index is -4.53. The number of halogens is 6. The van der Waals surface area contributed by atoms with Crippen molar-refractivity contribution in [3.05, 3.63) is 113 Å². The molecule has 0 bridgehead atoms. The van der Waals surface area contributed by atoms with Crippen molar-refractivity contribution in [2.75, 3.05) is 7.11 Å². The molecule has 0 spiro atoms. The third-order valence-electron chi connectivity index (χ3n) is 6.51. The standard InChI is InChI=1S/C31H23F6NO4/c1-42-29(41)26(16-18-2-4-19(5-3-18)20-6-11-23(12-7-20)30(32,33)34)38-28(40)22-10-15-27(39)25(17-22)21-8-13-24(14-9-21)31(35,36)37/h2-15,17,26,39H,16H2,1H3,(H,38,40). The van der Waals surface area contributed by atoms with Gasteiger partial charge < -0.3 is 15.2 Å². The van der Waals surface area contributed by atoms with Crippen LogP contribution >= 0.6 is 0 Å². The number of phenolic OH excluding ortho intramolecular Hbond substituents is 1. The van der Waals surface area contributed by atoms with Crippen LogP contribution in [0.1, 0.15) is 27.0 Å². The average Bonchev–Trinajstić information content (AvgIpc) is 2.96. The molecule has 5 nitrogen and oxygen atoms in total. The first kappa shape index (κ1) is 30.2. The SMILES string of the molecule is COC(=O)C(Cc1ccc(-c2ccc(C(F)(F)F)cc2)cc1)NC(=O)c1ccc(O)c(-c2ccc(C(F)(F)F)cc2)c1. The van der Waals surface area contributed by atoms with Gasteiger partial charge in [-0.1, -0.05) is 48.5 Å². The molecule has 0 saturated heterocycles. The smallest absolute Gasteiger partial charge is 0.416 e. The van der Waals surface area contributed by atoms with Gasteiger partial charge in [-0.15, -0.1) is 0 Å². The maximum atomic E-state index is 13.1. The molecule has 0 fully saturated rings. The third kappa shape index (κ3) is 7.09. The van der Waals surface area contributed by atoms with Crippen molar-refractivity contribution in [2.24, 2.45) is 0 Å². The predicted octanol–water partition coefficient (Wildman–Crippen LogP) is 7.28. The summed E-state index contributed by atoms with van der Waals surface area (Å²) in [5.74, 6) is -1.69. The van der Waals surface area contributed by atoms with Crippen molar-refractivity contribution in [1.82, 2.24) is 5.32 Å². The molecule has 0 aromatic heterocycles. The maximum absolute atomic E-state index is 13.1. The Bertz CT molecular complexity index is 1560. The van der Waals surface area contributed by atoms with E-state index in [1.807, 2.05) is 0 Å². The van der Waals surface area contributed by atoms with Crippen molar-refractivity contribution in [3.63, 3.8) is 0 Å². The van der Waals surface area contributed by atoms with E-state index in [9.17, 15) is 41.0 Å². The molecule has 1 amide bonds. The van der Waals surface area contributed by atoms with Gasteiger partial charge in [-0.2, -0.15) is 26.3 Å². The van der Waals surface area contributed by atoms with Gasteiger partial charge in [-0.05, 0) is 64.7 Å². The molecule has 4 aromatic carbocycles. The van der Waals surface area contributed by atoms with Gasteiger partial charge in [0.1, 0.15) is 11.8 Å². The second-order valence-corrected chi connectivity index (χ2v) is 9.33. The summed E-state index contributed by atoms with van der Waals surface area (Å²) in [6.07, 6.45) is -8.96. The van der Waals surface area contributed by atoms with Crippen LogP contribution in [0.25, 0.3) is 22.3 Å². The van der Waals surface area contributed by atoms with E-state index in [1.54, 1.807) is 24.3 Å². The molecule has 0 saturated carbocycles. The van der Waals surface area contributed by atoms with Crippen LogP contribution < -0.4 is 5.32 Å². The Morgan fingerprint density at radius 3 is 1.69 bits per heavy atom. The number of esters is 1. The lowest BCUT2D eigenvalue weighted by molar-refractivity contribution is -0.143. The van der Waals surface area contributed by atoms with Crippen LogP contribution in [-0.4, -0.2) is 30.1 Å². The molecule has 2 N–H and O–H groups in total. The fraction of sp³-hybridized carbons (Fsp3) is 0.161. The molecule has 4 aromatic rings. The zero-order valence-corrected chi connectivity index (χ0v) is 21.9. The highest BCUT2D eigenvalue weighted by atomic mass is 19.4. The first-order valence-corrected chi connectivity index (χ1v) is 12.4. The van der Waals surface area contributed by atoms with Gasteiger partial charge in [-0.3, -0.25) is 4.79 Å². The molecule has 42 heavy (non-hydrogen) atoms. The quantitative estimate of drug-likeness (QED) is 0.176. The summed E-state index contributed by atoms with van der Waals surface area (Å²) in [6, 6.07) is 18.1. The summed E-state index contributed by atoms with van der Waals surface area (Å²) >= 11 is 0. The lowest BCUT2D eigenvalue weighted by Gasteiger charge is -2.17. The number of alkyl halides is 6. The number of carbonyl (C=O) groups excluding carboxylic acids is 2. The number of hydrogen-bond acceptors (Lipinski definition) is 4. The zero-order valence-electron chi connectivity index (χ0n) is 21.9. The molecule has 1 unspecified atom stereocenters. The van der Waals surface area contributed by atoms with Crippen LogP contribution in [0.4, 0.5) is 26.3 Å². The number of hydrogen-bond donors (Lipinski definition) is 2. The number of nitrogens with one attached hydrogen (secondary N) is 1. The topological polar surface area (TPSA) is 75.6 Å². The number of carbonyl (C=O) groups is 2. The Morgan fingerprint density at radius 2 is 1.21 bits per heavy atom.